The lowest BCUT2D eigenvalue weighted by molar-refractivity contribution is 0.482. The first-order valence-corrected chi connectivity index (χ1v) is 4.70. The average molecular weight is 176 g/mol. The Labute approximate surface area is 64.5 Å². The quantitative estimate of drug-likeness (QED) is 0.646. The molecule has 1 aromatic heterocycles. The van der Waals surface area contributed by atoms with E-state index < -0.39 is 10.1 Å². The first-order valence-electron chi connectivity index (χ1n) is 2.89. The molecule has 0 saturated carbocycles. The summed E-state index contributed by atoms with van der Waals surface area (Å²) in [7, 11) is -3.45. The van der Waals surface area contributed by atoms with E-state index in [-0.39, 0.29) is 5.88 Å². The van der Waals surface area contributed by atoms with E-state index in [1.54, 1.807) is 6.92 Å². The van der Waals surface area contributed by atoms with Gasteiger partial charge in [0.15, 0.2) is 0 Å². The van der Waals surface area contributed by atoms with Crippen LogP contribution in [0, 0.1) is 6.92 Å². The number of hydrogen-bond acceptors (Lipinski definition) is 4. The van der Waals surface area contributed by atoms with Crippen molar-refractivity contribution >= 4 is 10.1 Å². The van der Waals surface area contributed by atoms with Crippen LogP contribution < -0.4 is 4.18 Å². The monoisotopic (exact) mass is 176 g/mol. The topological polar surface area (TPSA) is 72.1 Å². The van der Waals surface area contributed by atoms with Crippen LogP contribution in [0.3, 0.4) is 0 Å². The summed E-state index contributed by atoms with van der Waals surface area (Å²) in [6.07, 6.45) is 0.969. The molecule has 0 saturated heterocycles. The highest BCUT2D eigenvalue weighted by atomic mass is 32.2. The van der Waals surface area contributed by atoms with Gasteiger partial charge in [-0.05, 0) is 6.92 Å². The number of hydrogen-bond donors (Lipinski definition) is 1. The molecule has 1 heterocycles. The third kappa shape index (κ3) is 2.58. The smallest absolute Gasteiger partial charge is 0.307 e. The molecular weight excluding hydrogens is 168 g/mol. The molecule has 0 bridgehead atoms. The van der Waals surface area contributed by atoms with Crippen molar-refractivity contribution in [3.63, 3.8) is 0 Å². The number of aromatic amines is 1. The fourth-order valence-corrected chi connectivity index (χ4v) is 0.986. The molecule has 0 unspecified atom stereocenters. The Morgan fingerprint density at radius 2 is 2.27 bits per heavy atom. The Kier molecular flexibility index (Phi) is 1.86. The minimum Gasteiger partial charge on any atom is -0.360 e. The van der Waals surface area contributed by atoms with Gasteiger partial charge in [-0.15, -0.1) is 5.10 Å². The van der Waals surface area contributed by atoms with E-state index in [2.05, 4.69) is 14.4 Å². The van der Waals surface area contributed by atoms with Crippen LogP contribution in [-0.2, 0) is 10.1 Å². The molecular formula is C5H8N2O3S. The second kappa shape index (κ2) is 2.54. The summed E-state index contributed by atoms with van der Waals surface area (Å²) in [6, 6.07) is 1.50. The number of H-pyrrole nitrogens is 1. The van der Waals surface area contributed by atoms with Crippen LogP contribution in [0.4, 0.5) is 0 Å². The molecule has 0 radical (unpaired) electrons. The number of nitrogens with one attached hydrogen (secondary N) is 1. The largest absolute Gasteiger partial charge is 0.360 e. The summed E-state index contributed by atoms with van der Waals surface area (Å²) in [5.74, 6) is 0.0741. The number of nitrogens with zero attached hydrogens (tertiary/aromatic N) is 1. The molecule has 1 rings (SSSR count). The standard InChI is InChI=1S/C5H8N2O3S/c1-4-3-5(7-6-4)10-11(2,8)9/h3H,1-2H3,(H,6,7). The van der Waals surface area contributed by atoms with Crippen molar-refractivity contribution in [2.45, 2.75) is 6.92 Å². The van der Waals surface area contributed by atoms with Gasteiger partial charge in [-0.3, -0.25) is 5.10 Å². The number of aryl methyl sites for hydroxylation is 1. The lowest BCUT2D eigenvalue weighted by Gasteiger charge is -1.94. The molecule has 0 aliphatic carbocycles. The van der Waals surface area contributed by atoms with Gasteiger partial charge in [0, 0.05) is 11.8 Å². The predicted molar refractivity (Wildman–Crippen MR) is 38.8 cm³/mol. The van der Waals surface area contributed by atoms with Crippen molar-refractivity contribution < 1.29 is 12.6 Å². The highest BCUT2D eigenvalue weighted by Gasteiger charge is 2.05. The van der Waals surface area contributed by atoms with Crippen LogP contribution in [-0.4, -0.2) is 24.9 Å². The summed E-state index contributed by atoms with van der Waals surface area (Å²) in [4.78, 5) is 0. The summed E-state index contributed by atoms with van der Waals surface area (Å²) in [5.41, 5.74) is 0.753. The van der Waals surface area contributed by atoms with Crippen molar-refractivity contribution in [3.8, 4) is 5.88 Å². The van der Waals surface area contributed by atoms with E-state index in [1.807, 2.05) is 0 Å². The highest BCUT2D eigenvalue weighted by Crippen LogP contribution is 2.08. The van der Waals surface area contributed by atoms with E-state index in [1.165, 1.54) is 6.07 Å². The molecule has 0 aromatic carbocycles. The average Bonchev–Trinajstić information content (AvgIpc) is 2.10. The van der Waals surface area contributed by atoms with E-state index in [9.17, 15) is 8.42 Å². The summed E-state index contributed by atoms with van der Waals surface area (Å²) in [5, 5.41) is 6.13. The molecule has 62 valence electrons. The van der Waals surface area contributed by atoms with E-state index >= 15 is 0 Å². The molecule has 1 aromatic rings. The molecule has 0 aliphatic heterocycles. The zero-order chi connectivity index (χ0) is 8.48. The Bertz CT molecular complexity index is 340. The molecule has 0 amide bonds. The zero-order valence-electron chi connectivity index (χ0n) is 6.16. The first-order chi connectivity index (χ1) is 4.97. The minimum atomic E-state index is -3.45. The highest BCUT2D eigenvalue weighted by molar-refractivity contribution is 7.86. The van der Waals surface area contributed by atoms with Gasteiger partial charge < -0.3 is 4.18 Å². The maximum Gasteiger partial charge on any atom is 0.307 e. The van der Waals surface area contributed by atoms with Crippen LogP contribution in [0.15, 0.2) is 6.07 Å². The van der Waals surface area contributed by atoms with Gasteiger partial charge in [0.05, 0.1) is 6.26 Å². The molecule has 5 nitrogen and oxygen atoms in total. The lowest BCUT2D eigenvalue weighted by atomic mass is 10.5. The Morgan fingerprint density at radius 1 is 1.64 bits per heavy atom. The Balaban J connectivity index is 2.81. The van der Waals surface area contributed by atoms with E-state index in [0.29, 0.717) is 0 Å². The Morgan fingerprint density at radius 3 is 2.64 bits per heavy atom. The normalized spacial score (nSPS) is 11.5. The van der Waals surface area contributed by atoms with Gasteiger partial charge in [-0.1, -0.05) is 0 Å². The number of aromatic nitrogens is 2. The molecule has 0 aliphatic rings. The second-order valence-electron chi connectivity index (χ2n) is 2.18. The van der Waals surface area contributed by atoms with E-state index in [4.69, 9.17) is 0 Å². The molecule has 6 heteroatoms. The van der Waals surface area contributed by atoms with Crippen molar-refractivity contribution in [2.24, 2.45) is 0 Å². The van der Waals surface area contributed by atoms with Crippen molar-refractivity contribution in [3.05, 3.63) is 11.8 Å². The van der Waals surface area contributed by atoms with Gasteiger partial charge in [0.2, 0.25) is 0 Å². The SMILES string of the molecule is Cc1cc(OS(C)(=O)=O)n[nH]1. The predicted octanol–water partition coefficient (Wildman–Crippen LogP) is 0.0565. The maximum atomic E-state index is 10.5. The zero-order valence-corrected chi connectivity index (χ0v) is 6.97. The molecule has 0 fully saturated rings. The summed E-state index contributed by atoms with van der Waals surface area (Å²) in [6.45, 7) is 1.75. The van der Waals surface area contributed by atoms with Crippen molar-refractivity contribution in [2.75, 3.05) is 6.26 Å². The first kappa shape index (κ1) is 8.06. The minimum absolute atomic E-state index is 0.0741. The Hall–Kier alpha value is -1.04. The third-order valence-corrected chi connectivity index (χ3v) is 1.39. The van der Waals surface area contributed by atoms with Crippen LogP contribution in [0.2, 0.25) is 0 Å². The van der Waals surface area contributed by atoms with Crippen molar-refractivity contribution in [1.29, 1.82) is 0 Å². The van der Waals surface area contributed by atoms with Gasteiger partial charge in [-0.25, -0.2) is 0 Å². The molecule has 11 heavy (non-hydrogen) atoms. The van der Waals surface area contributed by atoms with Crippen LogP contribution in [0.1, 0.15) is 5.69 Å². The third-order valence-electron chi connectivity index (χ3n) is 0.919. The van der Waals surface area contributed by atoms with Gasteiger partial charge in [0.25, 0.3) is 5.88 Å². The maximum absolute atomic E-state index is 10.5. The lowest BCUT2D eigenvalue weighted by Crippen LogP contribution is -2.05. The van der Waals surface area contributed by atoms with Gasteiger partial charge >= 0.3 is 10.1 Å². The molecule has 1 N–H and O–H groups in total. The van der Waals surface area contributed by atoms with Crippen LogP contribution >= 0.6 is 0 Å². The van der Waals surface area contributed by atoms with Crippen molar-refractivity contribution in [1.82, 2.24) is 10.2 Å². The fourth-order valence-electron chi connectivity index (χ4n) is 0.591. The molecule has 0 spiro atoms. The summed E-state index contributed by atoms with van der Waals surface area (Å²) >= 11 is 0. The fraction of sp³-hybridized carbons (Fsp3) is 0.400. The van der Waals surface area contributed by atoms with Gasteiger partial charge in [0.1, 0.15) is 0 Å². The van der Waals surface area contributed by atoms with Gasteiger partial charge in [-0.2, -0.15) is 8.42 Å². The number of rotatable bonds is 2. The van der Waals surface area contributed by atoms with E-state index in [0.717, 1.165) is 11.9 Å². The molecule has 0 atom stereocenters. The summed E-state index contributed by atoms with van der Waals surface area (Å²) < 4.78 is 25.5. The van der Waals surface area contributed by atoms with Crippen LogP contribution in [0.5, 0.6) is 5.88 Å². The van der Waals surface area contributed by atoms with Crippen LogP contribution in [0.25, 0.3) is 0 Å². The second-order valence-corrected chi connectivity index (χ2v) is 3.75.